The van der Waals surface area contributed by atoms with E-state index in [2.05, 4.69) is 79.9 Å². The van der Waals surface area contributed by atoms with E-state index in [1.54, 1.807) is 6.07 Å². The van der Waals surface area contributed by atoms with Gasteiger partial charge in [0.2, 0.25) is 0 Å². The lowest BCUT2D eigenvalue weighted by atomic mass is 9.94. The highest BCUT2D eigenvalue weighted by molar-refractivity contribution is 5.98. The van der Waals surface area contributed by atoms with Gasteiger partial charge in [-0.25, -0.2) is 0 Å². The Morgan fingerprint density at radius 2 is 1.71 bits per heavy atom. The monoisotopic (exact) mass is 509 g/mol. The molecule has 5 rings (SSSR count). The Hall–Kier alpha value is -3.97. The number of piperazine rings is 1. The highest BCUT2D eigenvalue weighted by Gasteiger charge is 2.20. The minimum Gasteiger partial charge on any atom is -0.494 e. The van der Waals surface area contributed by atoms with Gasteiger partial charge in [-0.3, -0.25) is 9.69 Å². The smallest absolute Gasteiger partial charge is 0.271 e. The average Bonchev–Trinajstić information content (AvgIpc) is 2.97. The van der Waals surface area contributed by atoms with Crippen molar-refractivity contribution < 1.29 is 9.53 Å². The molecule has 0 radical (unpaired) electrons. The van der Waals surface area contributed by atoms with Gasteiger partial charge in [0.05, 0.1) is 6.61 Å². The largest absolute Gasteiger partial charge is 0.494 e. The molecule has 0 atom stereocenters. The van der Waals surface area contributed by atoms with Crippen LogP contribution < -0.4 is 15.0 Å². The van der Waals surface area contributed by atoms with E-state index in [0.29, 0.717) is 18.8 Å². The molecule has 196 valence electrons. The minimum absolute atomic E-state index is 0.170. The molecular weight excluding hydrogens is 474 g/mol. The fraction of sp³-hybridized carbons (Fsp3) is 0.323. The van der Waals surface area contributed by atoms with Crippen molar-refractivity contribution in [1.29, 1.82) is 0 Å². The Bertz CT molecular complexity index is 1380. The molecule has 2 heterocycles. The predicted octanol–water partition coefficient (Wildman–Crippen LogP) is 5.16. The number of aromatic nitrogens is 2. The quantitative estimate of drug-likeness (QED) is 0.336. The molecular formula is C31H35N5O2. The maximum atomic E-state index is 12.1. The molecule has 0 saturated carbocycles. The van der Waals surface area contributed by atoms with Gasteiger partial charge in [0.25, 0.3) is 5.91 Å². The first-order chi connectivity index (χ1) is 18.7. The van der Waals surface area contributed by atoms with Crippen molar-refractivity contribution in [3.8, 4) is 16.9 Å². The molecule has 3 aromatic carbocycles. The van der Waals surface area contributed by atoms with Gasteiger partial charge in [0.15, 0.2) is 11.5 Å². The van der Waals surface area contributed by atoms with Crippen molar-refractivity contribution in [3.63, 3.8) is 0 Å². The molecule has 7 heteroatoms. The van der Waals surface area contributed by atoms with Gasteiger partial charge in [-0.2, -0.15) is 0 Å². The van der Waals surface area contributed by atoms with E-state index in [4.69, 9.17) is 4.74 Å². The van der Waals surface area contributed by atoms with Gasteiger partial charge in [-0.1, -0.05) is 55.5 Å². The Labute approximate surface area is 224 Å². The Kier molecular flexibility index (Phi) is 8.14. The first kappa shape index (κ1) is 25.7. The number of hydrogen-bond acceptors (Lipinski definition) is 6. The normalized spacial score (nSPS) is 14.0. The molecule has 0 aliphatic carbocycles. The molecule has 1 fully saturated rings. The number of amides is 1. The van der Waals surface area contributed by atoms with Gasteiger partial charge in [-0.05, 0) is 65.1 Å². The van der Waals surface area contributed by atoms with Crippen molar-refractivity contribution in [3.05, 3.63) is 84.1 Å². The summed E-state index contributed by atoms with van der Waals surface area (Å²) in [5.41, 5.74) is 4.09. The lowest BCUT2D eigenvalue weighted by Gasteiger charge is -2.35. The number of nitrogens with one attached hydrogen (secondary N) is 1. The van der Waals surface area contributed by atoms with Crippen LogP contribution in [0.3, 0.4) is 0 Å². The van der Waals surface area contributed by atoms with Crippen molar-refractivity contribution in [1.82, 2.24) is 20.4 Å². The molecule has 0 unspecified atom stereocenters. The molecule has 1 N–H and O–H groups in total. The molecule has 1 amide bonds. The van der Waals surface area contributed by atoms with Crippen LogP contribution in [0.2, 0.25) is 0 Å². The zero-order valence-corrected chi connectivity index (χ0v) is 22.2. The molecule has 4 aromatic rings. The standard InChI is InChI=1S/C31H35N5O2/c1-3-16-32-31(37)29-14-15-30(34-33-29)36-19-17-35(18-20-36)22-24-12-13-27(28-11-6-5-10-26(24)28)23-8-7-9-25(21-23)38-4-2/h5-15,21H,3-4,16-20,22H2,1-2H3,(H,32,37). The molecule has 1 saturated heterocycles. The number of fused-ring (bicyclic) bond motifs is 1. The van der Waals surface area contributed by atoms with E-state index in [1.807, 2.05) is 26.0 Å². The summed E-state index contributed by atoms with van der Waals surface area (Å²) in [6, 6.07) is 25.2. The highest BCUT2D eigenvalue weighted by atomic mass is 16.5. The first-order valence-electron chi connectivity index (χ1n) is 13.5. The van der Waals surface area contributed by atoms with Crippen molar-refractivity contribution in [2.75, 3.05) is 44.2 Å². The number of anilines is 1. The van der Waals surface area contributed by atoms with E-state index in [1.165, 1.54) is 27.5 Å². The Balaban J connectivity index is 1.26. The predicted molar refractivity (Wildman–Crippen MR) is 153 cm³/mol. The van der Waals surface area contributed by atoms with E-state index in [0.717, 1.165) is 50.7 Å². The summed E-state index contributed by atoms with van der Waals surface area (Å²) < 4.78 is 5.74. The lowest BCUT2D eigenvalue weighted by molar-refractivity contribution is 0.0947. The summed E-state index contributed by atoms with van der Waals surface area (Å²) in [6.45, 7) is 9.85. The summed E-state index contributed by atoms with van der Waals surface area (Å²) in [4.78, 5) is 16.8. The molecule has 1 aliphatic rings. The topological polar surface area (TPSA) is 70.6 Å². The fourth-order valence-corrected chi connectivity index (χ4v) is 4.99. The van der Waals surface area contributed by atoms with Crippen molar-refractivity contribution in [2.45, 2.75) is 26.8 Å². The molecule has 38 heavy (non-hydrogen) atoms. The van der Waals surface area contributed by atoms with Gasteiger partial charge in [-0.15, -0.1) is 10.2 Å². The van der Waals surface area contributed by atoms with Crippen LogP contribution in [-0.2, 0) is 6.54 Å². The van der Waals surface area contributed by atoms with Gasteiger partial charge in [0, 0.05) is 39.3 Å². The molecule has 0 bridgehead atoms. The van der Waals surface area contributed by atoms with Crippen LogP contribution in [0.1, 0.15) is 36.3 Å². The van der Waals surface area contributed by atoms with Gasteiger partial charge >= 0.3 is 0 Å². The SMILES string of the molecule is CCCNC(=O)c1ccc(N2CCN(Cc3ccc(-c4cccc(OCC)c4)c4ccccc34)CC2)nn1. The maximum Gasteiger partial charge on any atom is 0.271 e. The molecule has 0 spiro atoms. The molecule has 1 aliphatic heterocycles. The summed E-state index contributed by atoms with van der Waals surface area (Å²) in [7, 11) is 0. The van der Waals surface area contributed by atoms with Crippen LogP contribution in [0.4, 0.5) is 5.82 Å². The zero-order valence-electron chi connectivity index (χ0n) is 22.2. The van der Waals surface area contributed by atoms with E-state index in [-0.39, 0.29) is 5.91 Å². The zero-order chi connectivity index (χ0) is 26.3. The second kappa shape index (κ2) is 12.0. The average molecular weight is 510 g/mol. The van der Waals surface area contributed by atoms with Crippen LogP contribution in [-0.4, -0.2) is 60.3 Å². The number of carbonyl (C=O) groups is 1. The molecule has 7 nitrogen and oxygen atoms in total. The van der Waals surface area contributed by atoms with Gasteiger partial charge in [0.1, 0.15) is 5.75 Å². The molecule has 1 aromatic heterocycles. The van der Waals surface area contributed by atoms with Crippen LogP contribution >= 0.6 is 0 Å². The maximum absolute atomic E-state index is 12.1. The number of rotatable bonds is 9. The Morgan fingerprint density at radius 3 is 2.45 bits per heavy atom. The minimum atomic E-state index is -0.170. The third kappa shape index (κ3) is 5.78. The third-order valence-electron chi connectivity index (χ3n) is 6.98. The second-order valence-corrected chi connectivity index (χ2v) is 9.57. The van der Waals surface area contributed by atoms with Gasteiger partial charge < -0.3 is 15.0 Å². The van der Waals surface area contributed by atoms with Crippen LogP contribution in [0.5, 0.6) is 5.75 Å². The third-order valence-corrected chi connectivity index (χ3v) is 6.98. The van der Waals surface area contributed by atoms with Crippen LogP contribution in [0, 0.1) is 0 Å². The number of nitrogens with zero attached hydrogens (tertiary/aromatic N) is 4. The second-order valence-electron chi connectivity index (χ2n) is 9.57. The van der Waals surface area contributed by atoms with Crippen molar-refractivity contribution in [2.24, 2.45) is 0 Å². The van der Waals surface area contributed by atoms with E-state index >= 15 is 0 Å². The summed E-state index contributed by atoms with van der Waals surface area (Å²) >= 11 is 0. The van der Waals surface area contributed by atoms with Crippen molar-refractivity contribution >= 4 is 22.5 Å². The number of benzene rings is 3. The first-order valence-corrected chi connectivity index (χ1v) is 13.5. The van der Waals surface area contributed by atoms with Crippen LogP contribution in [0.15, 0.2) is 72.8 Å². The summed E-state index contributed by atoms with van der Waals surface area (Å²) in [5, 5.41) is 13.9. The van der Waals surface area contributed by atoms with E-state index < -0.39 is 0 Å². The number of carbonyl (C=O) groups excluding carboxylic acids is 1. The highest BCUT2D eigenvalue weighted by Crippen LogP contribution is 2.33. The van der Waals surface area contributed by atoms with E-state index in [9.17, 15) is 4.79 Å². The number of ether oxygens (including phenoxy) is 1. The fourth-order valence-electron chi connectivity index (χ4n) is 4.99. The lowest BCUT2D eigenvalue weighted by Crippen LogP contribution is -2.46. The van der Waals surface area contributed by atoms with Crippen LogP contribution in [0.25, 0.3) is 21.9 Å². The number of hydrogen-bond donors (Lipinski definition) is 1. The summed E-state index contributed by atoms with van der Waals surface area (Å²) in [6.07, 6.45) is 0.893. The summed E-state index contributed by atoms with van der Waals surface area (Å²) in [5.74, 6) is 1.55. The Morgan fingerprint density at radius 1 is 0.895 bits per heavy atom.